The van der Waals surface area contributed by atoms with Crippen molar-refractivity contribution in [3.05, 3.63) is 0 Å². The van der Waals surface area contributed by atoms with Crippen molar-refractivity contribution in [3.63, 3.8) is 0 Å². The molecule has 3 nitrogen and oxygen atoms in total. The molecule has 1 fully saturated rings. The smallest absolute Gasteiger partial charge is 0.157 e. The van der Waals surface area contributed by atoms with Crippen LogP contribution in [-0.2, 0) is 0 Å². The second-order valence-corrected chi connectivity index (χ2v) is 6.06. The molecule has 0 aromatic rings. The SMILES string of the molecule is CCN(CC)CC(C)N=C1NC(C)(CC)CS1. The molecule has 100 valence electrons. The maximum Gasteiger partial charge on any atom is 0.157 e. The third-order valence-corrected chi connectivity index (χ3v) is 4.73. The van der Waals surface area contributed by atoms with E-state index < -0.39 is 0 Å². The summed E-state index contributed by atoms with van der Waals surface area (Å²) in [5.41, 5.74) is 0.248. The largest absolute Gasteiger partial charge is 0.359 e. The molecule has 1 N–H and O–H groups in total. The van der Waals surface area contributed by atoms with Gasteiger partial charge in [0.15, 0.2) is 5.17 Å². The molecule has 4 heteroatoms. The van der Waals surface area contributed by atoms with Gasteiger partial charge in [0.05, 0.1) is 6.04 Å². The van der Waals surface area contributed by atoms with Gasteiger partial charge < -0.3 is 10.2 Å². The highest BCUT2D eigenvalue weighted by Crippen LogP contribution is 2.25. The third-order valence-electron chi connectivity index (χ3n) is 3.47. The summed E-state index contributed by atoms with van der Waals surface area (Å²) in [6, 6.07) is 0.379. The van der Waals surface area contributed by atoms with E-state index in [0.717, 1.165) is 37.0 Å². The summed E-state index contributed by atoms with van der Waals surface area (Å²) in [6.45, 7) is 14.4. The fourth-order valence-electron chi connectivity index (χ4n) is 1.91. The van der Waals surface area contributed by atoms with E-state index in [0.29, 0.717) is 6.04 Å². The van der Waals surface area contributed by atoms with Crippen LogP contribution in [0.3, 0.4) is 0 Å². The van der Waals surface area contributed by atoms with E-state index in [1.165, 1.54) is 0 Å². The van der Waals surface area contributed by atoms with Crippen LogP contribution in [-0.4, -0.2) is 47.0 Å². The van der Waals surface area contributed by atoms with Crippen LogP contribution in [0.4, 0.5) is 0 Å². The monoisotopic (exact) mass is 257 g/mol. The van der Waals surface area contributed by atoms with Gasteiger partial charge >= 0.3 is 0 Å². The molecule has 0 saturated carbocycles. The van der Waals surface area contributed by atoms with Gasteiger partial charge in [0, 0.05) is 17.8 Å². The van der Waals surface area contributed by atoms with Crippen molar-refractivity contribution in [2.24, 2.45) is 4.99 Å². The van der Waals surface area contributed by atoms with Crippen molar-refractivity contribution in [1.29, 1.82) is 0 Å². The maximum atomic E-state index is 4.78. The Morgan fingerprint density at radius 3 is 2.53 bits per heavy atom. The first kappa shape index (κ1) is 14.8. The Bertz CT molecular complexity index is 263. The minimum Gasteiger partial charge on any atom is -0.359 e. The zero-order chi connectivity index (χ0) is 12.9. The lowest BCUT2D eigenvalue weighted by Gasteiger charge is -2.22. The van der Waals surface area contributed by atoms with E-state index in [1.54, 1.807) is 0 Å². The molecule has 1 aliphatic heterocycles. The van der Waals surface area contributed by atoms with Gasteiger partial charge in [-0.3, -0.25) is 4.99 Å². The average Bonchev–Trinajstić information content (AvgIpc) is 2.68. The van der Waals surface area contributed by atoms with E-state index >= 15 is 0 Å². The highest BCUT2D eigenvalue weighted by molar-refractivity contribution is 8.14. The second kappa shape index (κ2) is 6.64. The number of nitrogens with one attached hydrogen (secondary N) is 1. The van der Waals surface area contributed by atoms with Crippen LogP contribution < -0.4 is 5.32 Å². The summed E-state index contributed by atoms with van der Waals surface area (Å²) in [4.78, 5) is 7.21. The van der Waals surface area contributed by atoms with Crippen LogP contribution in [0.25, 0.3) is 0 Å². The molecule has 0 radical (unpaired) electrons. The molecular formula is C13H27N3S. The first-order valence-electron chi connectivity index (χ1n) is 6.74. The topological polar surface area (TPSA) is 27.6 Å². The molecule has 0 bridgehead atoms. The zero-order valence-corrected chi connectivity index (χ0v) is 12.7. The van der Waals surface area contributed by atoms with Crippen LogP contribution in [0.15, 0.2) is 4.99 Å². The first-order chi connectivity index (χ1) is 8.03. The van der Waals surface area contributed by atoms with E-state index in [1.807, 2.05) is 11.8 Å². The molecule has 0 aromatic heterocycles. The molecule has 2 atom stereocenters. The Labute approximate surface area is 110 Å². The number of likely N-dealkylation sites (N-methyl/N-ethyl adjacent to an activating group) is 1. The molecular weight excluding hydrogens is 230 g/mol. The van der Waals surface area contributed by atoms with Crippen LogP contribution in [0.1, 0.15) is 41.0 Å². The van der Waals surface area contributed by atoms with Gasteiger partial charge in [-0.1, -0.05) is 32.5 Å². The normalized spacial score (nSPS) is 28.7. The summed E-state index contributed by atoms with van der Waals surface area (Å²) in [6.07, 6.45) is 1.16. The number of nitrogens with zero attached hydrogens (tertiary/aromatic N) is 2. The Hall–Kier alpha value is -0.220. The molecule has 1 heterocycles. The lowest BCUT2D eigenvalue weighted by molar-refractivity contribution is 0.289. The summed E-state index contributed by atoms with van der Waals surface area (Å²) in [5.74, 6) is 1.14. The number of thioether (sulfide) groups is 1. The van der Waals surface area contributed by atoms with Crippen molar-refractivity contribution < 1.29 is 0 Å². The molecule has 1 rings (SSSR count). The van der Waals surface area contributed by atoms with Crippen LogP contribution in [0.2, 0.25) is 0 Å². The lowest BCUT2D eigenvalue weighted by atomic mass is 10.0. The first-order valence-corrected chi connectivity index (χ1v) is 7.72. The molecule has 1 aliphatic rings. The number of rotatable bonds is 6. The van der Waals surface area contributed by atoms with Crippen molar-refractivity contribution in [1.82, 2.24) is 10.2 Å². The van der Waals surface area contributed by atoms with E-state index in [2.05, 4.69) is 44.8 Å². The van der Waals surface area contributed by atoms with Gasteiger partial charge in [-0.2, -0.15) is 0 Å². The van der Waals surface area contributed by atoms with Crippen molar-refractivity contribution >= 4 is 16.9 Å². The number of hydrogen-bond acceptors (Lipinski definition) is 3. The Morgan fingerprint density at radius 1 is 1.41 bits per heavy atom. The van der Waals surface area contributed by atoms with Gasteiger partial charge in [-0.05, 0) is 33.4 Å². The Balaban J connectivity index is 2.47. The van der Waals surface area contributed by atoms with Gasteiger partial charge in [0.2, 0.25) is 0 Å². The average molecular weight is 257 g/mol. The molecule has 1 saturated heterocycles. The summed E-state index contributed by atoms with van der Waals surface area (Å²) < 4.78 is 0. The summed E-state index contributed by atoms with van der Waals surface area (Å²) in [5, 5.41) is 4.68. The fourth-order valence-corrected chi connectivity index (χ4v) is 3.22. The third kappa shape index (κ3) is 4.51. The minimum absolute atomic E-state index is 0.248. The molecule has 0 amide bonds. The van der Waals surface area contributed by atoms with E-state index in [9.17, 15) is 0 Å². The molecule has 0 aliphatic carbocycles. The van der Waals surface area contributed by atoms with Crippen LogP contribution in [0.5, 0.6) is 0 Å². The lowest BCUT2D eigenvalue weighted by Crippen LogP contribution is -2.40. The molecule has 0 spiro atoms. The summed E-state index contributed by atoms with van der Waals surface area (Å²) in [7, 11) is 0. The van der Waals surface area contributed by atoms with Gasteiger partial charge in [0.1, 0.15) is 0 Å². The predicted octanol–water partition coefficient (Wildman–Crippen LogP) is 2.58. The Kier molecular flexibility index (Phi) is 5.80. The van der Waals surface area contributed by atoms with Crippen molar-refractivity contribution in [3.8, 4) is 0 Å². The number of amidine groups is 1. The van der Waals surface area contributed by atoms with Crippen molar-refractivity contribution in [2.75, 3.05) is 25.4 Å². The highest BCUT2D eigenvalue weighted by atomic mass is 32.2. The van der Waals surface area contributed by atoms with Gasteiger partial charge in [-0.15, -0.1) is 0 Å². The standard InChI is InChI=1S/C13H27N3S/c1-6-13(5)10-17-12(15-13)14-11(4)9-16(7-2)8-3/h11H,6-10H2,1-5H3,(H,14,15). The molecule has 2 unspecified atom stereocenters. The second-order valence-electron chi connectivity index (χ2n) is 5.10. The highest BCUT2D eigenvalue weighted by Gasteiger charge is 2.30. The molecule has 0 aromatic carbocycles. The van der Waals surface area contributed by atoms with Crippen LogP contribution >= 0.6 is 11.8 Å². The minimum atomic E-state index is 0.248. The zero-order valence-electron chi connectivity index (χ0n) is 11.9. The van der Waals surface area contributed by atoms with Crippen LogP contribution in [0, 0.1) is 0 Å². The fraction of sp³-hybridized carbons (Fsp3) is 0.923. The van der Waals surface area contributed by atoms with E-state index in [4.69, 9.17) is 4.99 Å². The number of hydrogen-bond donors (Lipinski definition) is 1. The predicted molar refractivity (Wildman–Crippen MR) is 79.0 cm³/mol. The maximum absolute atomic E-state index is 4.78. The van der Waals surface area contributed by atoms with Gasteiger partial charge in [-0.25, -0.2) is 0 Å². The van der Waals surface area contributed by atoms with Crippen molar-refractivity contribution in [2.45, 2.75) is 52.6 Å². The van der Waals surface area contributed by atoms with E-state index in [-0.39, 0.29) is 5.54 Å². The van der Waals surface area contributed by atoms with Gasteiger partial charge in [0.25, 0.3) is 0 Å². The Morgan fingerprint density at radius 2 is 2.06 bits per heavy atom. The quantitative estimate of drug-likeness (QED) is 0.792. The number of aliphatic imine (C=N–C) groups is 1. The molecule has 17 heavy (non-hydrogen) atoms. The summed E-state index contributed by atoms with van der Waals surface area (Å²) >= 11 is 1.86.